The van der Waals surface area contributed by atoms with Crippen molar-refractivity contribution in [2.24, 2.45) is 5.73 Å². The molecule has 0 aromatic heterocycles. The summed E-state index contributed by atoms with van der Waals surface area (Å²) in [5, 5.41) is 0. The van der Waals surface area contributed by atoms with Crippen LogP contribution in [0.4, 0.5) is 22.0 Å². The van der Waals surface area contributed by atoms with Gasteiger partial charge >= 0.3 is 6.18 Å². The second-order valence-electron chi connectivity index (χ2n) is 3.03. The molecule has 0 aliphatic carbocycles. The lowest BCUT2D eigenvalue weighted by molar-refractivity contribution is -0.149. The van der Waals surface area contributed by atoms with Crippen LogP contribution in [0.25, 0.3) is 0 Å². The monoisotopic (exact) mass is 241 g/mol. The highest BCUT2D eigenvalue weighted by Crippen LogP contribution is 2.36. The van der Waals surface area contributed by atoms with E-state index in [9.17, 15) is 22.0 Å². The Balaban J connectivity index is 3.31. The number of benzene rings is 1. The van der Waals surface area contributed by atoms with Crippen LogP contribution in [0.5, 0.6) is 5.75 Å². The molecule has 2 N–H and O–H groups in total. The first-order valence-corrected chi connectivity index (χ1v) is 4.12. The summed E-state index contributed by atoms with van der Waals surface area (Å²) in [4.78, 5) is 0. The van der Waals surface area contributed by atoms with E-state index in [2.05, 4.69) is 4.74 Å². The van der Waals surface area contributed by atoms with Crippen molar-refractivity contribution in [1.82, 2.24) is 0 Å². The molecule has 7 heteroatoms. The minimum atomic E-state index is -4.80. The fraction of sp³-hybridized carbons (Fsp3) is 0.333. The van der Waals surface area contributed by atoms with Gasteiger partial charge in [-0.25, -0.2) is 8.78 Å². The van der Waals surface area contributed by atoms with E-state index in [1.54, 1.807) is 0 Å². The van der Waals surface area contributed by atoms with Gasteiger partial charge in [0.15, 0.2) is 11.6 Å². The number of nitrogens with two attached hydrogens (primary N) is 1. The molecular formula is C9H8F5NO. The van der Waals surface area contributed by atoms with Crippen LogP contribution in [-0.4, -0.2) is 13.3 Å². The lowest BCUT2D eigenvalue weighted by Gasteiger charge is -2.18. The van der Waals surface area contributed by atoms with Gasteiger partial charge in [0.25, 0.3) is 0 Å². The Morgan fingerprint density at radius 1 is 1.25 bits per heavy atom. The second kappa shape index (κ2) is 4.25. The second-order valence-corrected chi connectivity index (χ2v) is 3.03. The van der Waals surface area contributed by atoms with Gasteiger partial charge in [-0.3, -0.25) is 0 Å². The average Bonchev–Trinajstić information content (AvgIpc) is 2.14. The third kappa shape index (κ3) is 2.41. The first-order chi connectivity index (χ1) is 7.27. The molecule has 90 valence electrons. The van der Waals surface area contributed by atoms with Crippen molar-refractivity contribution in [1.29, 1.82) is 0 Å². The number of methoxy groups -OCH3 is 1. The van der Waals surface area contributed by atoms with E-state index in [4.69, 9.17) is 5.73 Å². The van der Waals surface area contributed by atoms with Crippen LogP contribution < -0.4 is 10.5 Å². The lowest BCUT2D eigenvalue weighted by atomic mass is 10.1. The summed E-state index contributed by atoms with van der Waals surface area (Å²) in [5.74, 6) is -3.07. The van der Waals surface area contributed by atoms with Crippen molar-refractivity contribution in [3.63, 3.8) is 0 Å². The zero-order valence-electron chi connectivity index (χ0n) is 8.11. The van der Waals surface area contributed by atoms with Gasteiger partial charge in [-0.15, -0.1) is 0 Å². The molecule has 0 spiro atoms. The zero-order chi connectivity index (χ0) is 12.5. The number of hydrogen-bond acceptors (Lipinski definition) is 2. The molecule has 1 aromatic rings. The van der Waals surface area contributed by atoms with Gasteiger partial charge in [-0.05, 0) is 6.07 Å². The van der Waals surface area contributed by atoms with Gasteiger partial charge in [-0.2, -0.15) is 13.2 Å². The third-order valence-electron chi connectivity index (χ3n) is 1.93. The van der Waals surface area contributed by atoms with Crippen molar-refractivity contribution in [3.05, 3.63) is 29.3 Å². The fourth-order valence-electron chi connectivity index (χ4n) is 1.20. The molecule has 16 heavy (non-hydrogen) atoms. The Bertz CT molecular complexity index is 390. The number of ether oxygens (including phenoxy) is 1. The van der Waals surface area contributed by atoms with Crippen molar-refractivity contribution in [2.75, 3.05) is 7.11 Å². The lowest BCUT2D eigenvalue weighted by Crippen LogP contribution is -2.29. The molecule has 2 nitrogen and oxygen atoms in total. The summed E-state index contributed by atoms with van der Waals surface area (Å²) in [7, 11) is 0.975. The van der Waals surface area contributed by atoms with Gasteiger partial charge in [0.1, 0.15) is 11.9 Å². The van der Waals surface area contributed by atoms with Crippen LogP contribution in [0, 0.1) is 11.6 Å². The molecule has 0 amide bonds. The van der Waals surface area contributed by atoms with Crippen LogP contribution in [0.15, 0.2) is 12.1 Å². The Hall–Kier alpha value is -1.37. The fourth-order valence-corrected chi connectivity index (χ4v) is 1.20. The van der Waals surface area contributed by atoms with Crippen molar-refractivity contribution in [3.8, 4) is 5.75 Å². The van der Waals surface area contributed by atoms with E-state index in [-0.39, 0.29) is 0 Å². The van der Waals surface area contributed by atoms with Crippen LogP contribution in [0.3, 0.4) is 0 Å². The molecule has 1 atom stereocenters. The molecule has 1 rings (SSSR count). The molecule has 1 aromatic carbocycles. The first-order valence-electron chi connectivity index (χ1n) is 4.12. The van der Waals surface area contributed by atoms with Gasteiger partial charge in [0.2, 0.25) is 0 Å². The molecule has 0 unspecified atom stereocenters. The summed E-state index contributed by atoms with van der Waals surface area (Å²) in [6, 6.07) is -1.57. The molecule has 0 heterocycles. The molecule has 0 aliphatic heterocycles. The van der Waals surface area contributed by atoms with E-state index in [1.165, 1.54) is 0 Å². The van der Waals surface area contributed by atoms with Crippen LogP contribution in [-0.2, 0) is 0 Å². The Labute approximate surface area is 87.8 Å². The molecule has 0 aliphatic rings. The highest BCUT2D eigenvalue weighted by atomic mass is 19.4. The maximum absolute atomic E-state index is 13.1. The van der Waals surface area contributed by atoms with Crippen molar-refractivity contribution in [2.45, 2.75) is 12.2 Å². The molecule has 0 fully saturated rings. The zero-order valence-corrected chi connectivity index (χ0v) is 8.11. The van der Waals surface area contributed by atoms with E-state index in [1.807, 2.05) is 0 Å². The Morgan fingerprint density at radius 3 is 2.25 bits per heavy atom. The Kier molecular flexibility index (Phi) is 3.37. The molecule has 0 saturated carbocycles. The predicted molar refractivity (Wildman–Crippen MR) is 45.9 cm³/mol. The SMILES string of the molecule is COc1c(F)cc(F)cc1[C@@H](N)C(F)(F)F. The van der Waals surface area contributed by atoms with Crippen molar-refractivity contribution < 1.29 is 26.7 Å². The number of halogens is 5. The highest BCUT2D eigenvalue weighted by Gasteiger charge is 2.40. The van der Waals surface area contributed by atoms with Gasteiger partial charge < -0.3 is 10.5 Å². The summed E-state index contributed by atoms with van der Waals surface area (Å²) < 4.78 is 67.1. The molecule has 0 saturated heterocycles. The summed E-state index contributed by atoms with van der Waals surface area (Å²) in [6.45, 7) is 0. The standard InChI is InChI=1S/C9H8F5NO/c1-16-7-5(8(15)9(12,13)14)2-4(10)3-6(7)11/h2-3,8H,15H2,1H3/t8-/m1/s1. The minimum absolute atomic E-state index is 0.422. The normalized spacial score (nSPS) is 13.7. The number of alkyl halides is 3. The topological polar surface area (TPSA) is 35.2 Å². The average molecular weight is 241 g/mol. The van der Waals surface area contributed by atoms with E-state index < -0.39 is 35.2 Å². The smallest absolute Gasteiger partial charge is 0.407 e. The quantitative estimate of drug-likeness (QED) is 0.807. The maximum Gasteiger partial charge on any atom is 0.407 e. The predicted octanol–water partition coefficient (Wildman–Crippen LogP) is 2.54. The van der Waals surface area contributed by atoms with Gasteiger partial charge in [0, 0.05) is 11.6 Å². The molecular weight excluding hydrogens is 233 g/mol. The van der Waals surface area contributed by atoms with Crippen LogP contribution in [0.1, 0.15) is 11.6 Å². The third-order valence-corrected chi connectivity index (χ3v) is 1.93. The van der Waals surface area contributed by atoms with E-state index in [0.717, 1.165) is 7.11 Å². The Morgan fingerprint density at radius 2 is 1.81 bits per heavy atom. The highest BCUT2D eigenvalue weighted by molar-refractivity contribution is 5.38. The summed E-state index contributed by atoms with van der Waals surface area (Å²) >= 11 is 0. The van der Waals surface area contributed by atoms with E-state index >= 15 is 0 Å². The van der Waals surface area contributed by atoms with Crippen LogP contribution in [0.2, 0.25) is 0 Å². The van der Waals surface area contributed by atoms with Gasteiger partial charge in [-0.1, -0.05) is 0 Å². The van der Waals surface area contributed by atoms with Crippen LogP contribution >= 0.6 is 0 Å². The minimum Gasteiger partial charge on any atom is -0.493 e. The summed E-state index contributed by atoms with van der Waals surface area (Å²) in [6.07, 6.45) is -4.80. The van der Waals surface area contributed by atoms with Crippen molar-refractivity contribution >= 4 is 0 Å². The maximum atomic E-state index is 13.1. The number of rotatable bonds is 2. The summed E-state index contributed by atoms with van der Waals surface area (Å²) in [5.41, 5.74) is 4.08. The molecule has 0 bridgehead atoms. The van der Waals surface area contributed by atoms with Gasteiger partial charge in [0.05, 0.1) is 7.11 Å². The molecule has 0 radical (unpaired) electrons. The number of hydrogen-bond donors (Lipinski definition) is 1. The first kappa shape index (κ1) is 12.7. The largest absolute Gasteiger partial charge is 0.493 e. The van der Waals surface area contributed by atoms with E-state index in [0.29, 0.717) is 12.1 Å².